The molecule has 26 heavy (non-hydrogen) atoms. The summed E-state index contributed by atoms with van der Waals surface area (Å²) >= 11 is 0. The highest BCUT2D eigenvalue weighted by atomic mass is 15.3. The Kier molecular flexibility index (Phi) is 4.53. The lowest BCUT2D eigenvalue weighted by Gasteiger charge is -2.28. The van der Waals surface area contributed by atoms with Gasteiger partial charge in [0, 0.05) is 35.0 Å². The molecular formula is C20H28N6. The van der Waals surface area contributed by atoms with Gasteiger partial charge in [-0.1, -0.05) is 13.8 Å². The van der Waals surface area contributed by atoms with E-state index in [9.17, 15) is 0 Å². The van der Waals surface area contributed by atoms with Crippen LogP contribution in [-0.4, -0.2) is 37.9 Å². The Morgan fingerprint density at radius 2 is 2.00 bits per heavy atom. The average molecular weight is 352 g/mol. The van der Waals surface area contributed by atoms with E-state index in [1.54, 1.807) is 6.33 Å². The number of hydrogen-bond acceptors (Lipinski definition) is 4. The third kappa shape index (κ3) is 2.92. The number of hydrogen-bond donors (Lipinski definition) is 2. The molecule has 2 N–H and O–H groups in total. The molecule has 0 atom stereocenters. The van der Waals surface area contributed by atoms with Gasteiger partial charge in [0.1, 0.15) is 6.33 Å². The minimum Gasteiger partial charge on any atom is -0.317 e. The smallest absolute Gasteiger partial charge is 0.158 e. The van der Waals surface area contributed by atoms with Gasteiger partial charge in [-0.15, -0.1) is 0 Å². The molecule has 1 fully saturated rings. The standard InChI is InChI=1S/C20H28N6/c1-12(2)17-18(14-5-7-16(21-4)8-6-14)24-25-19(17)15-9-13(3)20-22-11-23-26(20)10-15/h9-12,14,16,21H,5-8H2,1-4H3,(H,24,25). The minimum absolute atomic E-state index is 0.424. The number of aryl methyl sites for hydroxylation is 1. The number of H-pyrrole nitrogens is 1. The van der Waals surface area contributed by atoms with Crippen molar-refractivity contribution in [1.82, 2.24) is 30.1 Å². The molecule has 0 spiro atoms. The van der Waals surface area contributed by atoms with Crippen LogP contribution in [0.15, 0.2) is 18.6 Å². The van der Waals surface area contributed by atoms with Crippen LogP contribution in [0.4, 0.5) is 0 Å². The predicted octanol–water partition coefficient (Wildman–Crippen LogP) is 3.80. The van der Waals surface area contributed by atoms with E-state index in [2.05, 4.69) is 54.4 Å². The van der Waals surface area contributed by atoms with Crippen molar-refractivity contribution < 1.29 is 0 Å². The summed E-state index contributed by atoms with van der Waals surface area (Å²) in [5, 5.41) is 15.9. The Hall–Kier alpha value is -2.21. The highest BCUT2D eigenvalue weighted by Gasteiger charge is 2.28. The van der Waals surface area contributed by atoms with Crippen molar-refractivity contribution in [2.45, 2.75) is 64.3 Å². The molecule has 4 rings (SSSR count). The third-order valence-electron chi connectivity index (χ3n) is 5.79. The van der Waals surface area contributed by atoms with Gasteiger partial charge in [0.2, 0.25) is 0 Å². The van der Waals surface area contributed by atoms with Crippen LogP contribution in [0.2, 0.25) is 0 Å². The molecule has 1 aliphatic carbocycles. The number of pyridine rings is 1. The molecule has 0 radical (unpaired) electrons. The van der Waals surface area contributed by atoms with Crippen molar-refractivity contribution in [2.75, 3.05) is 7.05 Å². The molecule has 6 heteroatoms. The Morgan fingerprint density at radius 1 is 1.23 bits per heavy atom. The molecule has 0 saturated heterocycles. The fourth-order valence-corrected chi connectivity index (χ4v) is 4.37. The summed E-state index contributed by atoms with van der Waals surface area (Å²) in [7, 11) is 2.07. The molecule has 3 aromatic rings. The highest BCUT2D eigenvalue weighted by molar-refractivity contribution is 5.68. The van der Waals surface area contributed by atoms with Crippen molar-refractivity contribution >= 4 is 5.65 Å². The van der Waals surface area contributed by atoms with Crippen molar-refractivity contribution in [3.8, 4) is 11.3 Å². The molecule has 0 aromatic carbocycles. The van der Waals surface area contributed by atoms with Crippen LogP contribution < -0.4 is 5.32 Å². The lowest BCUT2D eigenvalue weighted by atomic mass is 9.81. The van der Waals surface area contributed by atoms with Gasteiger partial charge in [-0.05, 0) is 57.2 Å². The predicted molar refractivity (Wildman–Crippen MR) is 103 cm³/mol. The van der Waals surface area contributed by atoms with Gasteiger partial charge in [0.25, 0.3) is 0 Å². The zero-order valence-corrected chi connectivity index (χ0v) is 16.1. The quantitative estimate of drug-likeness (QED) is 0.749. The molecule has 0 amide bonds. The average Bonchev–Trinajstić information content (AvgIpc) is 3.28. The van der Waals surface area contributed by atoms with Crippen molar-refractivity contribution in [3.05, 3.63) is 35.4 Å². The maximum atomic E-state index is 4.75. The van der Waals surface area contributed by atoms with E-state index in [0.717, 1.165) is 22.5 Å². The Bertz CT molecular complexity index is 898. The van der Waals surface area contributed by atoms with Crippen molar-refractivity contribution in [1.29, 1.82) is 0 Å². The van der Waals surface area contributed by atoms with E-state index in [0.29, 0.717) is 17.9 Å². The van der Waals surface area contributed by atoms with Crippen LogP contribution in [0.1, 0.15) is 68.2 Å². The highest BCUT2D eigenvalue weighted by Crippen LogP contribution is 2.39. The minimum atomic E-state index is 0.424. The van der Waals surface area contributed by atoms with Gasteiger partial charge in [0.15, 0.2) is 5.65 Å². The van der Waals surface area contributed by atoms with Gasteiger partial charge >= 0.3 is 0 Å². The number of nitrogens with zero attached hydrogens (tertiary/aromatic N) is 4. The summed E-state index contributed by atoms with van der Waals surface area (Å²) in [5.41, 5.74) is 6.88. The molecule has 3 heterocycles. The van der Waals surface area contributed by atoms with Crippen molar-refractivity contribution in [2.24, 2.45) is 0 Å². The second kappa shape index (κ2) is 6.83. The summed E-state index contributed by atoms with van der Waals surface area (Å²) in [6.07, 6.45) is 8.54. The maximum Gasteiger partial charge on any atom is 0.158 e. The number of fused-ring (bicyclic) bond motifs is 1. The summed E-state index contributed by atoms with van der Waals surface area (Å²) in [6.45, 7) is 6.60. The summed E-state index contributed by atoms with van der Waals surface area (Å²) in [6, 6.07) is 2.84. The second-order valence-corrected chi connectivity index (χ2v) is 7.83. The Balaban J connectivity index is 1.74. The molecule has 6 nitrogen and oxygen atoms in total. The van der Waals surface area contributed by atoms with Crippen LogP contribution in [0.3, 0.4) is 0 Å². The molecule has 138 valence electrons. The van der Waals surface area contributed by atoms with E-state index in [1.165, 1.54) is 36.9 Å². The Labute approximate surface area is 154 Å². The lowest BCUT2D eigenvalue weighted by molar-refractivity contribution is 0.353. The first-order chi connectivity index (χ1) is 12.6. The molecule has 0 unspecified atom stereocenters. The molecule has 1 aliphatic rings. The van der Waals surface area contributed by atoms with E-state index >= 15 is 0 Å². The lowest BCUT2D eigenvalue weighted by Crippen LogP contribution is -2.29. The first-order valence-corrected chi connectivity index (χ1v) is 9.64. The molecule has 0 bridgehead atoms. The van der Waals surface area contributed by atoms with Crippen LogP contribution >= 0.6 is 0 Å². The SMILES string of the molecule is CNC1CCC(c2[nH]nc(-c3cc(C)c4ncnn4c3)c2C(C)C)CC1. The Morgan fingerprint density at radius 3 is 2.69 bits per heavy atom. The van der Waals surface area contributed by atoms with E-state index in [4.69, 9.17) is 5.10 Å². The number of rotatable bonds is 4. The van der Waals surface area contributed by atoms with Gasteiger partial charge in [-0.2, -0.15) is 10.2 Å². The van der Waals surface area contributed by atoms with Gasteiger partial charge < -0.3 is 5.32 Å². The van der Waals surface area contributed by atoms with Crippen LogP contribution in [-0.2, 0) is 0 Å². The van der Waals surface area contributed by atoms with Gasteiger partial charge in [-0.25, -0.2) is 9.50 Å². The molecule has 1 saturated carbocycles. The fourth-order valence-electron chi connectivity index (χ4n) is 4.37. The number of aromatic amines is 1. The number of nitrogens with one attached hydrogen (secondary N) is 2. The molecule has 0 aliphatic heterocycles. The van der Waals surface area contributed by atoms with E-state index < -0.39 is 0 Å². The monoisotopic (exact) mass is 352 g/mol. The summed E-state index contributed by atoms with van der Waals surface area (Å²) in [5.74, 6) is 1.00. The van der Waals surface area contributed by atoms with Crippen LogP contribution in [0.25, 0.3) is 16.9 Å². The van der Waals surface area contributed by atoms with Gasteiger partial charge in [0.05, 0.1) is 5.69 Å². The maximum absolute atomic E-state index is 4.75. The summed E-state index contributed by atoms with van der Waals surface area (Å²) < 4.78 is 1.85. The van der Waals surface area contributed by atoms with Gasteiger partial charge in [-0.3, -0.25) is 5.10 Å². The van der Waals surface area contributed by atoms with Crippen LogP contribution in [0.5, 0.6) is 0 Å². The molecule has 3 aromatic heterocycles. The second-order valence-electron chi connectivity index (χ2n) is 7.83. The van der Waals surface area contributed by atoms with Crippen molar-refractivity contribution in [3.63, 3.8) is 0 Å². The largest absolute Gasteiger partial charge is 0.317 e. The fraction of sp³-hybridized carbons (Fsp3) is 0.550. The summed E-state index contributed by atoms with van der Waals surface area (Å²) in [4.78, 5) is 4.32. The van der Waals surface area contributed by atoms with E-state index in [1.807, 2.05) is 10.7 Å². The third-order valence-corrected chi connectivity index (χ3v) is 5.79. The molecular weight excluding hydrogens is 324 g/mol. The van der Waals surface area contributed by atoms with Crippen LogP contribution in [0, 0.1) is 6.92 Å². The topological polar surface area (TPSA) is 70.9 Å². The zero-order chi connectivity index (χ0) is 18.3. The number of aromatic nitrogens is 5. The first kappa shape index (κ1) is 17.2. The first-order valence-electron chi connectivity index (χ1n) is 9.64. The van der Waals surface area contributed by atoms with E-state index in [-0.39, 0.29) is 0 Å². The zero-order valence-electron chi connectivity index (χ0n) is 16.1. The normalized spacial score (nSPS) is 21.0.